The van der Waals surface area contributed by atoms with Gasteiger partial charge in [0.2, 0.25) is 0 Å². The number of rotatable bonds is 1. The number of nitrogens with zero attached hydrogens (tertiary/aromatic N) is 2. The van der Waals surface area contributed by atoms with Gasteiger partial charge < -0.3 is 9.64 Å². The minimum absolute atomic E-state index is 0.132. The number of amides is 1. The molecular formula is C13H12BrN3O2. The average Bonchev–Trinajstić information content (AvgIpc) is 2.78. The lowest BCUT2D eigenvalue weighted by Crippen LogP contribution is -2.38. The molecule has 3 rings (SSSR count). The zero-order valence-corrected chi connectivity index (χ0v) is 11.9. The number of ether oxygens (including phenoxy) is 1. The second-order valence-corrected chi connectivity index (χ2v) is 5.08. The monoisotopic (exact) mass is 321 g/mol. The van der Waals surface area contributed by atoms with Gasteiger partial charge in [-0.15, -0.1) is 0 Å². The SMILES string of the molecule is Cc1[nH]nc(C(=O)N2CCOc3ccccc32)c1Br. The van der Waals surface area contributed by atoms with Gasteiger partial charge in [-0.25, -0.2) is 0 Å². The van der Waals surface area contributed by atoms with Crippen molar-refractivity contribution in [2.45, 2.75) is 6.92 Å². The van der Waals surface area contributed by atoms with Crippen LogP contribution in [0.15, 0.2) is 28.7 Å². The third-order valence-corrected chi connectivity index (χ3v) is 4.02. The molecular weight excluding hydrogens is 310 g/mol. The Labute approximate surface area is 118 Å². The molecule has 98 valence electrons. The Hall–Kier alpha value is -1.82. The molecule has 19 heavy (non-hydrogen) atoms. The maximum atomic E-state index is 12.6. The highest BCUT2D eigenvalue weighted by Crippen LogP contribution is 2.32. The predicted molar refractivity (Wildman–Crippen MR) is 74.6 cm³/mol. The van der Waals surface area contributed by atoms with E-state index in [0.29, 0.717) is 23.3 Å². The van der Waals surface area contributed by atoms with Crippen molar-refractivity contribution in [3.63, 3.8) is 0 Å². The van der Waals surface area contributed by atoms with Gasteiger partial charge in [0, 0.05) is 5.69 Å². The molecule has 2 aromatic rings. The van der Waals surface area contributed by atoms with Crippen LogP contribution in [0.25, 0.3) is 0 Å². The lowest BCUT2D eigenvalue weighted by atomic mass is 10.2. The number of aromatic nitrogens is 2. The van der Waals surface area contributed by atoms with E-state index in [1.54, 1.807) is 4.90 Å². The Kier molecular flexibility index (Phi) is 3.02. The van der Waals surface area contributed by atoms with Gasteiger partial charge in [-0.3, -0.25) is 9.89 Å². The van der Waals surface area contributed by atoms with Crippen molar-refractivity contribution in [1.29, 1.82) is 0 Å². The first kappa shape index (κ1) is 12.2. The normalized spacial score (nSPS) is 13.9. The molecule has 1 aromatic carbocycles. The molecule has 6 heteroatoms. The molecule has 2 heterocycles. The molecule has 1 aromatic heterocycles. The van der Waals surface area contributed by atoms with Crippen LogP contribution in [0, 0.1) is 6.92 Å². The Morgan fingerprint density at radius 2 is 2.26 bits per heavy atom. The first-order chi connectivity index (χ1) is 9.18. The van der Waals surface area contributed by atoms with Gasteiger partial charge in [0.1, 0.15) is 12.4 Å². The summed E-state index contributed by atoms with van der Waals surface area (Å²) in [6.07, 6.45) is 0. The van der Waals surface area contributed by atoms with Crippen LogP contribution in [0.5, 0.6) is 5.75 Å². The summed E-state index contributed by atoms with van der Waals surface area (Å²) in [5, 5.41) is 6.86. The van der Waals surface area contributed by atoms with E-state index < -0.39 is 0 Å². The van der Waals surface area contributed by atoms with Gasteiger partial charge in [-0.1, -0.05) is 12.1 Å². The summed E-state index contributed by atoms with van der Waals surface area (Å²) in [5.74, 6) is 0.595. The molecule has 0 radical (unpaired) electrons. The molecule has 5 nitrogen and oxygen atoms in total. The summed E-state index contributed by atoms with van der Waals surface area (Å²) in [4.78, 5) is 14.2. The largest absolute Gasteiger partial charge is 0.490 e. The van der Waals surface area contributed by atoms with Crippen molar-refractivity contribution in [2.75, 3.05) is 18.1 Å². The van der Waals surface area contributed by atoms with E-state index in [9.17, 15) is 4.79 Å². The van der Waals surface area contributed by atoms with Crippen molar-refractivity contribution < 1.29 is 9.53 Å². The van der Waals surface area contributed by atoms with Crippen LogP contribution in [-0.2, 0) is 0 Å². The van der Waals surface area contributed by atoms with E-state index in [4.69, 9.17) is 4.74 Å². The van der Waals surface area contributed by atoms with Crippen LogP contribution >= 0.6 is 15.9 Å². The van der Waals surface area contributed by atoms with Crippen molar-refractivity contribution in [3.05, 3.63) is 40.1 Å². The molecule has 1 aliphatic heterocycles. The van der Waals surface area contributed by atoms with E-state index >= 15 is 0 Å². The van der Waals surface area contributed by atoms with E-state index in [1.165, 1.54) is 0 Å². The summed E-state index contributed by atoms with van der Waals surface area (Å²) in [5.41, 5.74) is 2.02. The van der Waals surface area contributed by atoms with Crippen LogP contribution in [-0.4, -0.2) is 29.3 Å². The highest BCUT2D eigenvalue weighted by molar-refractivity contribution is 9.10. The standard InChI is InChI=1S/C13H12BrN3O2/c1-8-11(14)12(16-15-8)13(18)17-6-7-19-10-5-3-2-4-9(10)17/h2-5H,6-7H2,1H3,(H,15,16). The van der Waals surface area contributed by atoms with E-state index in [0.717, 1.165) is 17.1 Å². The van der Waals surface area contributed by atoms with Crippen molar-refractivity contribution >= 4 is 27.5 Å². The number of benzene rings is 1. The summed E-state index contributed by atoms with van der Waals surface area (Å²) >= 11 is 3.38. The third kappa shape index (κ3) is 2.02. The summed E-state index contributed by atoms with van der Waals surface area (Å²) in [6, 6.07) is 7.51. The van der Waals surface area contributed by atoms with E-state index in [1.807, 2.05) is 31.2 Å². The highest BCUT2D eigenvalue weighted by Gasteiger charge is 2.27. The molecule has 0 unspecified atom stereocenters. The number of aryl methyl sites for hydroxylation is 1. The maximum absolute atomic E-state index is 12.6. The number of anilines is 1. The minimum atomic E-state index is -0.132. The molecule has 0 bridgehead atoms. The van der Waals surface area contributed by atoms with Crippen LogP contribution in [0.1, 0.15) is 16.2 Å². The molecule has 0 saturated heterocycles. The molecule has 0 spiro atoms. The number of carbonyl (C=O) groups excluding carboxylic acids is 1. The second-order valence-electron chi connectivity index (χ2n) is 4.28. The number of aromatic amines is 1. The molecule has 1 N–H and O–H groups in total. The van der Waals surface area contributed by atoms with Gasteiger partial charge in [-0.05, 0) is 35.0 Å². The summed E-state index contributed by atoms with van der Waals surface area (Å²) in [7, 11) is 0. The molecule has 0 saturated carbocycles. The lowest BCUT2D eigenvalue weighted by molar-refractivity contribution is 0.0971. The Morgan fingerprint density at radius 1 is 1.47 bits per heavy atom. The number of fused-ring (bicyclic) bond motifs is 1. The van der Waals surface area contributed by atoms with Crippen molar-refractivity contribution in [2.24, 2.45) is 0 Å². The van der Waals surface area contributed by atoms with Crippen molar-refractivity contribution in [3.8, 4) is 5.75 Å². The Balaban J connectivity index is 2.00. The molecule has 0 atom stereocenters. The van der Waals surface area contributed by atoms with Gasteiger partial charge in [0.15, 0.2) is 5.69 Å². The second kappa shape index (κ2) is 4.70. The summed E-state index contributed by atoms with van der Waals surface area (Å²) < 4.78 is 6.25. The summed E-state index contributed by atoms with van der Waals surface area (Å²) in [6.45, 7) is 2.87. The lowest BCUT2D eigenvalue weighted by Gasteiger charge is -2.28. The zero-order valence-electron chi connectivity index (χ0n) is 10.3. The molecule has 0 fully saturated rings. The van der Waals surface area contributed by atoms with Gasteiger partial charge >= 0.3 is 0 Å². The predicted octanol–water partition coefficient (Wildman–Crippen LogP) is 2.52. The quantitative estimate of drug-likeness (QED) is 0.878. The van der Waals surface area contributed by atoms with Crippen LogP contribution in [0.2, 0.25) is 0 Å². The molecule has 0 aliphatic carbocycles. The first-order valence-electron chi connectivity index (χ1n) is 5.92. The highest BCUT2D eigenvalue weighted by atomic mass is 79.9. The molecule has 1 aliphatic rings. The van der Waals surface area contributed by atoms with Gasteiger partial charge in [0.05, 0.1) is 16.7 Å². The fraction of sp³-hybridized carbons (Fsp3) is 0.231. The van der Waals surface area contributed by atoms with Crippen LogP contribution in [0.3, 0.4) is 0 Å². The number of hydrogen-bond donors (Lipinski definition) is 1. The third-order valence-electron chi connectivity index (χ3n) is 3.05. The van der Waals surface area contributed by atoms with Gasteiger partial charge in [0.25, 0.3) is 5.91 Å². The van der Waals surface area contributed by atoms with Crippen LogP contribution in [0.4, 0.5) is 5.69 Å². The number of para-hydroxylation sites is 2. The van der Waals surface area contributed by atoms with Gasteiger partial charge in [-0.2, -0.15) is 5.10 Å². The zero-order chi connectivity index (χ0) is 13.4. The molecule has 1 amide bonds. The fourth-order valence-corrected chi connectivity index (χ4v) is 2.41. The number of hydrogen-bond acceptors (Lipinski definition) is 3. The van der Waals surface area contributed by atoms with Crippen LogP contribution < -0.4 is 9.64 Å². The Bertz CT molecular complexity index is 639. The average molecular weight is 322 g/mol. The van der Waals surface area contributed by atoms with Crippen molar-refractivity contribution in [1.82, 2.24) is 10.2 Å². The first-order valence-corrected chi connectivity index (χ1v) is 6.72. The number of halogens is 1. The number of carbonyl (C=O) groups is 1. The fourth-order valence-electron chi connectivity index (χ4n) is 2.07. The number of nitrogens with one attached hydrogen (secondary N) is 1. The topological polar surface area (TPSA) is 58.2 Å². The maximum Gasteiger partial charge on any atom is 0.280 e. The Morgan fingerprint density at radius 3 is 3.00 bits per heavy atom. The van der Waals surface area contributed by atoms with E-state index in [-0.39, 0.29) is 5.91 Å². The smallest absolute Gasteiger partial charge is 0.280 e. The van der Waals surface area contributed by atoms with E-state index in [2.05, 4.69) is 26.1 Å². The number of H-pyrrole nitrogens is 1. The minimum Gasteiger partial charge on any atom is -0.490 e.